The first-order chi connectivity index (χ1) is 35.7. The Bertz CT molecular complexity index is 2980. The van der Waals surface area contributed by atoms with Crippen molar-refractivity contribution in [3.05, 3.63) is 119 Å². The van der Waals surface area contributed by atoms with Crippen LogP contribution in [0.1, 0.15) is 99.1 Å². The number of thioether (sulfide) groups is 1. The van der Waals surface area contributed by atoms with Gasteiger partial charge in [-0.05, 0) is 157 Å². The highest BCUT2D eigenvalue weighted by molar-refractivity contribution is 7.98. The first-order valence-electron chi connectivity index (χ1n) is 24.7. The van der Waals surface area contributed by atoms with Crippen LogP contribution < -0.4 is 39.9 Å². The molecule has 6 aromatic rings. The second-order valence-corrected chi connectivity index (χ2v) is 22.4. The zero-order valence-corrected chi connectivity index (χ0v) is 46.0. The summed E-state index contributed by atoms with van der Waals surface area (Å²) in [6.45, 7) is 12.6. The lowest BCUT2D eigenvalue weighted by atomic mass is 10.1. The largest absolute Gasteiger partial charge is 0.497 e. The summed E-state index contributed by atoms with van der Waals surface area (Å²) in [5.41, 5.74) is 15.7. The maximum Gasteiger partial charge on any atom is 0.343 e. The minimum atomic E-state index is -1.55. The van der Waals surface area contributed by atoms with Gasteiger partial charge in [0.25, 0.3) is 0 Å². The van der Waals surface area contributed by atoms with E-state index in [0.29, 0.717) is 88.7 Å². The number of esters is 2. The van der Waals surface area contributed by atoms with E-state index in [-0.39, 0.29) is 27.7 Å². The van der Waals surface area contributed by atoms with Crippen molar-refractivity contribution in [3.63, 3.8) is 0 Å². The van der Waals surface area contributed by atoms with Crippen LogP contribution in [0.5, 0.6) is 34.5 Å². The predicted molar refractivity (Wildman–Crippen MR) is 294 cm³/mol. The maximum absolute atomic E-state index is 12.9. The van der Waals surface area contributed by atoms with Gasteiger partial charge in [0, 0.05) is 11.2 Å². The molecule has 2 aliphatic rings. The van der Waals surface area contributed by atoms with E-state index in [2.05, 4.69) is 9.97 Å². The molecule has 0 radical (unpaired) electrons. The highest BCUT2D eigenvalue weighted by Crippen LogP contribution is 2.44. The normalized spacial score (nSPS) is 13.6. The fraction of sp³-hybridized carbons (Fsp3) is 0.379. The molecule has 0 saturated heterocycles. The minimum absolute atomic E-state index is 0.00147. The highest BCUT2D eigenvalue weighted by atomic mass is 32.2. The molecule has 75 heavy (non-hydrogen) atoms. The molecule has 2 fully saturated rings. The molecule has 17 heteroatoms. The first-order valence-corrected chi connectivity index (χ1v) is 27.5. The lowest BCUT2D eigenvalue weighted by Gasteiger charge is -2.22. The van der Waals surface area contributed by atoms with Crippen molar-refractivity contribution < 1.29 is 51.7 Å². The minimum Gasteiger partial charge on any atom is -0.497 e. The van der Waals surface area contributed by atoms with Gasteiger partial charge >= 0.3 is 11.9 Å². The third kappa shape index (κ3) is 15.5. The number of methoxy groups -OCH3 is 2. The quantitative estimate of drug-likeness (QED) is 0.0539. The van der Waals surface area contributed by atoms with E-state index in [1.54, 1.807) is 41.1 Å². The van der Waals surface area contributed by atoms with E-state index in [1.165, 1.54) is 30.9 Å². The number of ether oxygens (including phenoxy) is 8. The van der Waals surface area contributed by atoms with Crippen LogP contribution in [0, 0.1) is 11.8 Å². The molecule has 2 heterocycles. The smallest absolute Gasteiger partial charge is 0.343 e. The fourth-order valence-corrected chi connectivity index (χ4v) is 8.93. The molecule has 1 unspecified atom stereocenters. The predicted octanol–water partition coefficient (Wildman–Crippen LogP) is 11.8. The number of hydrogen-bond donors (Lipinski definition) is 2. The maximum atomic E-state index is 12.9. The van der Waals surface area contributed by atoms with Crippen molar-refractivity contribution in [1.29, 1.82) is 0 Å². The number of nitrogens with zero attached hydrogens (tertiary/aromatic N) is 2. The van der Waals surface area contributed by atoms with Crippen molar-refractivity contribution in [1.82, 2.24) is 9.97 Å². The van der Waals surface area contributed by atoms with E-state index in [1.807, 2.05) is 118 Å². The van der Waals surface area contributed by atoms with E-state index in [9.17, 15) is 13.8 Å². The van der Waals surface area contributed by atoms with Crippen molar-refractivity contribution in [3.8, 4) is 57.0 Å². The molecule has 2 saturated carbocycles. The number of rotatable bonds is 20. The van der Waals surface area contributed by atoms with Crippen LogP contribution in [0.25, 0.3) is 22.5 Å². The number of carbonyl (C=O) groups excluding carboxylic acids is 2. The Morgan fingerprint density at radius 3 is 1.36 bits per heavy atom. The Hall–Kier alpha value is -6.98. The van der Waals surface area contributed by atoms with Gasteiger partial charge in [0.2, 0.25) is 0 Å². The molecule has 4 N–H and O–H groups in total. The number of nitrogen functional groups attached to an aromatic ring is 2. The topological polar surface area (TPSA) is 203 Å². The Labute approximate surface area is 446 Å². The Kier molecular flexibility index (Phi) is 18.3. The summed E-state index contributed by atoms with van der Waals surface area (Å²) in [5, 5.41) is 0. The monoisotopic (exact) mass is 1060 g/mol. The number of aromatic nitrogens is 2. The van der Waals surface area contributed by atoms with Crippen LogP contribution in [0.4, 0.5) is 11.6 Å². The average molecular weight is 1060 g/mol. The molecule has 0 spiro atoms. The number of hydrogen-bond acceptors (Lipinski definition) is 16. The molecule has 1 atom stereocenters. The second kappa shape index (κ2) is 24.6. The van der Waals surface area contributed by atoms with E-state index in [4.69, 9.17) is 49.4 Å². The number of pyridine rings is 2. The molecule has 2 aromatic heterocycles. The van der Waals surface area contributed by atoms with Gasteiger partial charge in [-0.25, -0.2) is 19.6 Å². The summed E-state index contributed by atoms with van der Waals surface area (Å²) in [6, 6.07) is 30.0. The van der Waals surface area contributed by atoms with Crippen LogP contribution in [0.15, 0.2) is 107 Å². The van der Waals surface area contributed by atoms with Gasteiger partial charge in [-0.2, -0.15) is 0 Å². The van der Waals surface area contributed by atoms with Crippen LogP contribution in [-0.2, 0) is 33.5 Å². The lowest BCUT2D eigenvalue weighted by molar-refractivity contribution is 0.00538. The standard InChI is InChI=1S/C29H34N2O6S.C29H34N2O5S/c1-29(2,3)37-28(32)26-24(38(5)33)15-21(31-27(26)30)25-22(35-16-18-9-10-18)7-6-8-23(25)36-17-19-11-13-20(34-4)14-12-19;1-29(2,3)36-28(32)26-24(37-5)15-21(31-27(26)30)25-22(34-16-18-9-10-18)7-6-8-23(25)35-17-19-11-13-20(33-4)14-12-19/h6-8,11-15,18H,9-10,16-17H2,1-5H3,(H2,30,31);6-8,11-15,18H,9-10,16-17H2,1-5H3,(H2,30,31). The van der Waals surface area contributed by atoms with Crippen molar-refractivity contribution in [2.45, 2.75) is 101 Å². The van der Waals surface area contributed by atoms with Crippen LogP contribution >= 0.6 is 11.8 Å². The average Bonchev–Trinajstić information content (AvgIpc) is 4.32. The van der Waals surface area contributed by atoms with E-state index in [0.717, 1.165) is 35.5 Å². The van der Waals surface area contributed by atoms with Crippen LogP contribution in [0.2, 0.25) is 0 Å². The molecule has 2 aliphatic carbocycles. The van der Waals surface area contributed by atoms with Gasteiger partial charge in [-0.1, -0.05) is 36.4 Å². The molecule has 398 valence electrons. The van der Waals surface area contributed by atoms with Gasteiger partial charge in [0.1, 0.15) is 81.7 Å². The van der Waals surface area contributed by atoms with E-state index >= 15 is 0 Å². The van der Waals surface area contributed by atoms with Gasteiger partial charge in [-0.15, -0.1) is 11.8 Å². The number of benzene rings is 4. The van der Waals surface area contributed by atoms with Gasteiger partial charge in [0.15, 0.2) is 0 Å². The molecule has 8 rings (SSSR count). The summed E-state index contributed by atoms with van der Waals surface area (Å²) in [7, 11) is 1.71. The number of carbonyl (C=O) groups is 2. The summed E-state index contributed by atoms with van der Waals surface area (Å²) >= 11 is 1.41. The zero-order valence-electron chi connectivity index (χ0n) is 44.4. The summed E-state index contributed by atoms with van der Waals surface area (Å²) < 4.78 is 59.3. The van der Waals surface area contributed by atoms with Crippen molar-refractivity contribution >= 4 is 46.1 Å². The molecular weight excluding hydrogens is 993 g/mol. The van der Waals surface area contributed by atoms with E-state index < -0.39 is 33.9 Å². The van der Waals surface area contributed by atoms with Crippen LogP contribution in [0.3, 0.4) is 0 Å². The highest BCUT2D eigenvalue weighted by Gasteiger charge is 2.30. The fourth-order valence-electron chi connectivity index (χ4n) is 7.55. The van der Waals surface area contributed by atoms with Crippen molar-refractivity contribution in [2.75, 3.05) is 51.4 Å². The molecule has 0 aliphatic heterocycles. The summed E-state index contributed by atoms with van der Waals surface area (Å²) in [6.07, 6.45) is 8.01. The molecule has 0 bridgehead atoms. The van der Waals surface area contributed by atoms with Gasteiger partial charge in [0.05, 0.1) is 65.6 Å². The molecule has 0 amide bonds. The third-order valence-electron chi connectivity index (χ3n) is 11.7. The summed E-state index contributed by atoms with van der Waals surface area (Å²) in [4.78, 5) is 35.9. The zero-order chi connectivity index (χ0) is 54.0. The Morgan fingerprint density at radius 1 is 0.600 bits per heavy atom. The van der Waals surface area contributed by atoms with Crippen LogP contribution in [-0.4, -0.2) is 77.3 Å². The lowest BCUT2D eigenvalue weighted by Crippen LogP contribution is -2.25. The van der Waals surface area contributed by atoms with Crippen molar-refractivity contribution in [2.24, 2.45) is 11.8 Å². The Balaban J connectivity index is 0.000000219. The van der Waals surface area contributed by atoms with Gasteiger partial charge in [-0.3, -0.25) is 4.21 Å². The molecule has 4 aromatic carbocycles. The first kappa shape index (κ1) is 55.8. The number of anilines is 2. The Morgan fingerprint density at radius 2 is 0.987 bits per heavy atom. The number of nitrogens with two attached hydrogens (primary N) is 2. The molecule has 15 nitrogen and oxygen atoms in total. The summed E-state index contributed by atoms with van der Waals surface area (Å²) in [5.74, 6) is 3.91. The third-order valence-corrected chi connectivity index (χ3v) is 13.4. The SMILES string of the molecule is COc1ccc(COc2cccc(OCC3CC3)c2-c2cc(S(C)=O)c(C(=O)OC(C)(C)C)c(N)n2)cc1.COc1ccc(COc2cccc(OCC3CC3)c2-c2cc(SC)c(C(=O)OC(C)(C)C)c(N)n2)cc1. The second-order valence-electron chi connectivity index (χ2n) is 20.2. The van der Waals surface area contributed by atoms with Gasteiger partial charge < -0.3 is 49.4 Å². The molecular formula is C58H68N4O11S2.